The molecule has 0 bridgehead atoms. The highest BCUT2D eigenvalue weighted by Gasteiger charge is 2.31. The van der Waals surface area contributed by atoms with Gasteiger partial charge in [-0.25, -0.2) is 8.42 Å². The van der Waals surface area contributed by atoms with E-state index in [0.717, 1.165) is 0 Å². The number of nitrogens with zero attached hydrogens (tertiary/aromatic N) is 1. The molecule has 7 heteroatoms. The van der Waals surface area contributed by atoms with Gasteiger partial charge < -0.3 is 5.73 Å². The molecule has 1 rings (SSSR count). The molecule has 96 valence electrons. The largest absolute Gasteiger partial charge is 0.399 e. The average molecular weight is 264 g/mol. The lowest BCUT2D eigenvalue weighted by atomic mass is 10.3. The number of halogens is 2. The SMILES string of the molecule is CCCN(c1cccc(N)c1)S(=O)(=O)C(F)F. The fourth-order valence-electron chi connectivity index (χ4n) is 1.38. The van der Waals surface area contributed by atoms with Gasteiger partial charge in [0.15, 0.2) is 0 Å². The van der Waals surface area contributed by atoms with Gasteiger partial charge in [-0.2, -0.15) is 8.78 Å². The highest BCUT2D eigenvalue weighted by atomic mass is 32.2. The van der Waals surface area contributed by atoms with Crippen LogP contribution in [0.3, 0.4) is 0 Å². The van der Waals surface area contributed by atoms with Crippen LogP contribution in [0, 0.1) is 0 Å². The Kier molecular flexibility index (Phi) is 4.28. The van der Waals surface area contributed by atoms with Crippen molar-refractivity contribution in [1.29, 1.82) is 0 Å². The van der Waals surface area contributed by atoms with Crippen molar-refractivity contribution < 1.29 is 17.2 Å². The second-order valence-electron chi connectivity index (χ2n) is 3.47. The predicted molar refractivity (Wildman–Crippen MR) is 63.4 cm³/mol. The number of anilines is 2. The standard InChI is InChI=1S/C10H14F2N2O2S/c1-2-6-14(17(15,16)10(11)12)9-5-3-4-8(13)7-9/h3-5,7,10H,2,6,13H2,1H3. The minimum absolute atomic E-state index is 0.00384. The molecule has 0 heterocycles. The third-order valence-electron chi connectivity index (χ3n) is 2.12. The van der Waals surface area contributed by atoms with Gasteiger partial charge in [-0.1, -0.05) is 13.0 Å². The van der Waals surface area contributed by atoms with E-state index in [1.54, 1.807) is 13.0 Å². The number of alkyl halides is 2. The molecule has 17 heavy (non-hydrogen) atoms. The molecule has 0 radical (unpaired) electrons. The molecule has 1 aromatic rings. The Morgan fingerprint density at radius 1 is 1.41 bits per heavy atom. The van der Waals surface area contributed by atoms with Gasteiger partial charge in [0.2, 0.25) is 0 Å². The molecule has 0 saturated heterocycles. The van der Waals surface area contributed by atoms with Crippen molar-refractivity contribution in [3.8, 4) is 0 Å². The van der Waals surface area contributed by atoms with E-state index in [1.807, 2.05) is 0 Å². The summed E-state index contributed by atoms with van der Waals surface area (Å²) >= 11 is 0. The van der Waals surface area contributed by atoms with E-state index in [4.69, 9.17) is 5.73 Å². The first kappa shape index (κ1) is 13.7. The molecular weight excluding hydrogens is 250 g/mol. The number of rotatable bonds is 5. The summed E-state index contributed by atoms with van der Waals surface area (Å²) in [6.45, 7) is 1.70. The average Bonchev–Trinajstić information content (AvgIpc) is 2.25. The van der Waals surface area contributed by atoms with E-state index >= 15 is 0 Å². The van der Waals surface area contributed by atoms with E-state index in [9.17, 15) is 17.2 Å². The molecule has 1 aromatic carbocycles. The van der Waals surface area contributed by atoms with E-state index in [-0.39, 0.29) is 12.2 Å². The van der Waals surface area contributed by atoms with Crippen LogP contribution in [0.5, 0.6) is 0 Å². The Hall–Kier alpha value is -1.37. The number of hydrogen-bond donors (Lipinski definition) is 1. The zero-order valence-electron chi connectivity index (χ0n) is 9.31. The van der Waals surface area contributed by atoms with Crippen LogP contribution in [0.2, 0.25) is 0 Å². The van der Waals surface area contributed by atoms with Crippen molar-refractivity contribution in [3.05, 3.63) is 24.3 Å². The molecule has 0 unspecified atom stereocenters. The normalized spacial score (nSPS) is 11.8. The van der Waals surface area contributed by atoms with Gasteiger partial charge >= 0.3 is 5.76 Å². The monoisotopic (exact) mass is 264 g/mol. The Labute approximate surface area is 99.1 Å². The molecule has 2 N–H and O–H groups in total. The van der Waals surface area contributed by atoms with Gasteiger partial charge in [0.1, 0.15) is 0 Å². The van der Waals surface area contributed by atoms with Gasteiger partial charge in [0, 0.05) is 12.2 Å². The van der Waals surface area contributed by atoms with Crippen molar-refractivity contribution in [2.75, 3.05) is 16.6 Å². The lowest BCUT2D eigenvalue weighted by molar-refractivity contribution is 0.234. The summed E-state index contributed by atoms with van der Waals surface area (Å²) in [7, 11) is -4.63. The second-order valence-corrected chi connectivity index (χ2v) is 5.30. The molecule has 0 aliphatic heterocycles. The van der Waals surface area contributed by atoms with Gasteiger partial charge in [-0.15, -0.1) is 0 Å². The highest BCUT2D eigenvalue weighted by molar-refractivity contribution is 7.93. The van der Waals surface area contributed by atoms with Crippen molar-refractivity contribution in [2.45, 2.75) is 19.1 Å². The topological polar surface area (TPSA) is 63.4 Å². The van der Waals surface area contributed by atoms with Gasteiger partial charge in [-0.05, 0) is 24.6 Å². The molecule has 0 amide bonds. The number of nitrogen functional groups attached to an aromatic ring is 1. The first-order chi connectivity index (χ1) is 7.89. The minimum atomic E-state index is -4.63. The molecule has 0 aliphatic carbocycles. The molecular formula is C10H14F2N2O2S. The van der Waals surface area contributed by atoms with Crippen LogP contribution < -0.4 is 10.0 Å². The first-order valence-electron chi connectivity index (χ1n) is 5.05. The third kappa shape index (κ3) is 3.06. The lowest BCUT2D eigenvalue weighted by Gasteiger charge is -2.23. The molecule has 0 aliphatic rings. The Morgan fingerprint density at radius 3 is 2.53 bits per heavy atom. The maximum Gasteiger partial charge on any atom is 0.355 e. The lowest BCUT2D eigenvalue weighted by Crippen LogP contribution is -2.36. The summed E-state index contributed by atoms with van der Waals surface area (Å²) in [6, 6.07) is 5.87. The Balaban J connectivity index is 3.19. The zero-order chi connectivity index (χ0) is 13.1. The predicted octanol–water partition coefficient (Wildman–Crippen LogP) is 2.04. The maximum atomic E-state index is 12.5. The number of nitrogens with two attached hydrogens (primary N) is 1. The third-order valence-corrected chi connectivity index (χ3v) is 3.58. The Morgan fingerprint density at radius 2 is 2.06 bits per heavy atom. The molecule has 0 saturated carbocycles. The zero-order valence-corrected chi connectivity index (χ0v) is 10.1. The van der Waals surface area contributed by atoms with Crippen LogP contribution in [0.25, 0.3) is 0 Å². The van der Waals surface area contributed by atoms with Crippen LogP contribution in [0.15, 0.2) is 24.3 Å². The highest BCUT2D eigenvalue weighted by Crippen LogP contribution is 2.24. The molecule has 4 nitrogen and oxygen atoms in total. The number of sulfonamides is 1. The van der Waals surface area contributed by atoms with Crippen LogP contribution in [-0.4, -0.2) is 20.7 Å². The van der Waals surface area contributed by atoms with Crippen LogP contribution >= 0.6 is 0 Å². The first-order valence-corrected chi connectivity index (χ1v) is 6.55. The van der Waals surface area contributed by atoms with Gasteiger partial charge in [0.05, 0.1) is 5.69 Å². The minimum Gasteiger partial charge on any atom is -0.399 e. The summed E-state index contributed by atoms with van der Waals surface area (Å²) in [5.41, 5.74) is 5.99. The molecule has 0 atom stereocenters. The number of benzene rings is 1. The van der Waals surface area contributed by atoms with Crippen molar-refractivity contribution in [3.63, 3.8) is 0 Å². The van der Waals surface area contributed by atoms with Crippen LogP contribution in [0.1, 0.15) is 13.3 Å². The maximum absolute atomic E-state index is 12.5. The smallest absolute Gasteiger partial charge is 0.355 e. The van der Waals surface area contributed by atoms with Crippen molar-refractivity contribution >= 4 is 21.4 Å². The summed E-state index contributed by atoms with van der Waals surface area (Å²) in [4.78, 5) is 0. The molecule has 0 aromatic heterocycles. The van der Waals surface area contributed by atoms with Gasteiger partial charge in [-0.3, -0.25) is 4.31 Å². The quantitative estimate of drug-likeness (QED) is 0.828. The van der Waals surface area contributed by atoms with E-state index in [1.165, 1.54) is 18.2 Å². The second kappa shape index (κ2) is 5.31. The van der Waals surface area contributed by atoms with E-state index < -0.39 is 15.8 Å². The Bertz CT molecular complexity index is 477. The summed E-state index contributed by atoms with van der Waals surface area (Å²) in [5.74, 6) is -3.43. The van der Waals surface area contributed by atoms with Gasteiger partial charge in [0.25, 0.3) is 10.0 Å². The van der Waals surface area contributed by atoms with Crippen molar-refractivity contribution in [1.82, 2.24) is 0 Å². The summed E-state index contributed by atoms with van der Waals surface area (Å²) < 4.78 is 48.6. The van der Waals surface area contributed by atoms with Crippen LogP contribution in [-0.2, 0) is 10.0 Å². The molecule has 0 fully saturated rings. The summed E-state index contributed by atoms with van der Waals surface area (Å²) in [5, 5.41) is 0. The number of hydrogen-bond acceptors (Lipinski definition) is 3. The van der Waals surface area contributed by atoms with E-state index in [2.05, 4.69) is 0 Å². The fourth-order valence-corrected chi connectivity index (χ4v) is 2.42. The van der Waals surface area contributed by atoms with E-state index in [0.29, 0.717) is 16.4 Å². The summed E-state index contributed by atoms with van der Waals surface area (Å²) in [6.07, 6.45) is 0.431. The molecule has 0 spiro atoms. The van der Waals surface area contributed by atoms with Crippen LogP contribution in [0.4, 0.5) is 20.2 Å². The fraction of sp³-hybridized carbons (Fsp3) is 0.400. The van der Waals surface area contributed by atoms with Crippen molar-refractivity contribution in [2.24, 2.45) is 0 Å².